The van der Waals surface area contributed by atoms with Gasteiger partial charge in [0.05, 0.1) is 29.6 Å². The molecule has 0 aliphatic carbocycles. The monoisotopic (exact) mass is 254 g/mol. The Bertz CT molecular complexity index is 473. The molecule has 1 aromatic rings. The number of carboxylic acids is 1. The van der Waals surface area contributed by atoms with E-state index in [1.807, 2.05) is 4.90 Å². The van der Waals surface area contributed by atoms with Crippen molar-refractivity contribution in [1.29, 1.82) is 0 Å². The van der Waals surface area contributed by atoms with E-state index in [2.05, 4.69) is 0 Å². The van der Waals surface area contributed by atoms with Crippen molar-refractivity contribution < 1.29 is 19.0 Å². The number of nitrogens with two attached hydrogens (primary N) is 1. The Kier molecular flexibility index (Phi) is 3.38. The maximum atomic E-state index is 13.6. The number of nitrogens with zero attached hydrogens (tertiary/aromatic N) is 1. The van der Waals surface area contributed by atoms with Gasteiger partial charge in [-0.1, -0.05) is 0 Å². The van der Waals surface area contributed by atoms with Crippen LogP contribution in [0, 0.1) is 5.82 Å². The molecule has 0 radical (unpaired) electrons. The van der Waals surface area contributed by atoms with Crippen LogP contribution in [0.4, 0.5) is 15.8 Å². The van der Waals surface area contributed by atoms with Gasteiger partial charge in [-0.2, -0.15) is 0 Å². The Morgan fingerprint density at radius 3 is 2.89 bits per heavy atom. The van der Waals surface area contributed by atoms with Crippen molar-refractivity contribution in [3.8, 4) is 0 Å². The highest BCUT2D eigenvalue weighted by molar-refractivity contribution is 5.91. The molecule has 0 aromatic heterocycles. The third-order valence-corrected chi connectivity index (χ3v) is 3.18. The maximum Gasteiger partial charge on any atom is 0.338 e. The number of halogens is 1. The smallest absolute Gasteiger partial charge is 0.338 e. The zero-order valence-corrected chi connectivity index (χ0v) is 10.0. The van der Waals surface area contributed by atoms with Gasteiger partial charge in [-0.3, -0.25) is 0 Å². The summed E-state index contributed by atoms with van der Waals surface area (Å²) < 4.78 is 18.9. The molecule has 0 saturated carbocycles. The van der Waals surface area contributed by atoms with Crippen LogP contribution in [0.5, 0.6) is 0 Å². The van der Waals surface area contributed by atoms with Gasteiger partial charge in [-0.25, -0.2) is 9.18 Å². The number of rotatable bonds is 3. The minimum atomic E-state index is -1.32. The van der Waals surface area contributed by atoms with Crippen molar-refractivity contribution in [3.63, 3.8) is 0 Å². The second-order valence-electron chi connectivity index (χ2n) is 4.32. The molecule has 1 aliphatic rings. The average molecular weight is 254 g/mol. The van der Waals surface area contributed by atoms with Gasteiger partial charge in [0.1, 0.15) is 5.82 Å². The summed E-state index contributed by atoms with van der Waals surface area (Å²) >= 11 is 0. The van der Waals surface area contributed by atoms with Crippen LogP contribution in [0.15, 0.2) is 12.1 Å². The summed E-state index contributed by atoms with van der Waals surface area (Å²) in [6.45, 7) is 1.24. The molecule has 6 heteroatoms. The molecule has 0 bridgehead atoms. The van der Waals surface area contributed by atoms with Crippen LogP contribution in [0.25, 0.3) is 0 Å². The van der Waals surface area contributed by atoms with Gasteiger partial charge in [0, 0.05) is 19.7 Å². The van der Waals surface area contributed by atoms with Crippen LogP contribution in [0.3, 0.4) is 0 Å². The minimum Gasteiger partial charge on any atom is -0.478 e. The van der Waals surface area contributed by atoms with Crippen LogP contribution in [-0.4, -0.2) is 37.4 Å². The van der Waals surface area contributed by atoms with E-state index >= 15 is 0 Å². The SMILES string of the molecule is CN(c1cc(F)c(C(=O)O)cc1N)C1CCOC1. The lowest BCUT2D eigenvalue weighted by Crippen LogP contribution is -2.32. The molecule has 1 fully saturated rings. The molecule has 0 spiro atoms. The molecule has 98 valence electrons. The molecular weight excluding hydrogens is 239 g/mol. The summed E-state index contributed by atoms with van der Waals surface area (Å²) in [6, 6.07) is 2.46. The fraction of sp³-hybridized carbons (Fsp3) is 0.417. The molecule has 0 amide bonds. The van der Waals surface area contributed by atoms with Gasteiger partial charge >= 0.3 is 5.97 Å². The molecule has 3 N–H and O–H groups in total. The van der Waals surface area contributed by atoms with Crippen molar-refractivity contribution in [2.24, 2.45) is 0 Å². The lowest BCUT2D eigenvalue weighted by Gasteiger charge is -2.27. The molecular formula is C12H15FN2O3. The number of hydrogen-bond donors (Lipinski definition) is 2. The van der Waals surface area contributed by atoms with E-state index in [0.29, 0.717) is 18.9 Å². The summed E-state index contributed by atoms with van der Waals surface area (Å²) in [6.07, 6.45) is 0.845. The van der Waals surface area contributed by atoms with Gasteiger partial charge in [0.2, 0.25) is 0 Å². The first-order chi connectivity index (χ1) is 8.50. The summed E-state index contributed by atoms with van der Waals surface area (Å²) in [4.78, 5) is 12.6. The van der Waals surface area contributed by atoms with Crippen molar-refractivity contribution in [2.75, 3.05) is 30.9 Å². The average Bonchev–Trinajstić information content (AvgIpc) is 2.84. The molecule has 5 nitrogen and oxygen atoms in total. The van der Waals surface area contributed by atoms with Crippen LogP contribution in [0.2, 0.25) is 0 Å². The second-order valence-corrected chi connectivity index (χ2v) is 4.32. The van der Waals surface area contributed by atoms with Crippen molar-refractivity contribution in [3.05, 3.63) is 23.5 Å². The lowest BCUT2D eigenvalue weighted by atomic mass is 10.1. The summed E-state index contributed by atoms with van der Waals surface area (Å²) in [5, 5.41) is 8.80. The number of hydrogen-bond acceptors (Lipinski definition) is 4. The van der Waals surface area contributed by atoms with E-state index in [9.17, 15) is 9.18 Å². The first-order valence-corrected chi connectivity index (χ1v) is 5.63. The Morgan fingerprint density at radius 1 is 1.61 bits per heavy atom. The third kappa shape index (κ3) is 2.24. The number of carboxylic acid groups (broad SMARTS) is 1. The number of aromatic carboxylic acids is 1. The summed E-state index contributed by atoms with van der Waals surface area (Å²) in [7, 11) is 1.80. The van der Waals surface area contributed by atoms with E-state index in [1.165, 1.54) is 0 Å². The van der Waals surface area contributed by atoms with Gasteiger partial charge in [-0.15, -0.1) is 0 Å². The lowest BCUT2D eigenvalue weighted by molar-refractivity contribution is 0.0692. The maximum absolute atomic E-state index is 13.6. The molecule has 1 aliphatic heterocycles. The fourth-order valence-corrected chi connectivity index (χ4v) is 2.07. The zero-order valence-electron chi connectivity index (χ0n) is 10.0. The van der Waals surface area contributed by atoms with Gasteiger partial charge in [-0.05, 0) is 12.5 Å². The van der Waals surface area contributed by atoms with E-state index in [-0.39, 0.29) is 11.7 Å². The molecule has 1 unspecified atom stereocenters. The second kappa shape index (κ2) is 4.81. The van der Waals surface area contributed by atoms with Gasteiger partial charge in [0.15, 0.2) is 0 Å². The highest BCUT2D eigenvalue weighted by Crippen LogP contribution is 2.29. The summed E-state index contributed by atoms with van der Waals surface area (Å²) in [5.41, 5.74) is 6.12. The van der Waals surface area contributed by atoms with E-state index in [4.69, 9.17) is 15.6 Å². The minimum absolute atomic E-state index is 0.141. The normalized spacial score (nSPS) is 18.9. The van der Waals surface area contributed by atoms with E-state index < -0.39 is 17.3 Å². The zero-order chi connectivity index (χ0) is 13.3. The first kappa shape index (κ1) is 12.6. The Labute approximate surface area is 104 Å². The fourth-order valence-electron chi connectivity index (χ4n) is 2.07. The molecule has 1 aromatic carbocycles. The summed E-state index contributed by atoms with van der Waals surface area (Å²) in [5.74, 6) is -2.10. The number of ether oxygens (including phenoxy) is 1. The van der Waals surface area contributed by atoms with Crippen LogP contribution in [-0.2, 0) is 4.74 Å². The highest BCUT2D eigenvalue weighted by Gasteiger charge is 2.23. The molecule has 1 heterocycles. The molecule has 18 heavy (non-hydrogen) atoms. The van der Waals surface area contributed by atoms with Crippen LogP contribution < -0.4 is 10.6 Å². The number of nitrogen functional groups attached to an aromatic ring is 1. The standard InChI is InChI=1S/C12H15FN2O3/c1-15(7-2-3-18-6-7)11-5-9(13)8(12(16)17)4-10(11)14/h4-5,7H,2-3,6,14H2,1H3,(H,16,17). The molecule has 1 saturated heterocycles. The van der Waals surface area contributed by atoms with Gasteiger partial charge < -0.3 is 20.5 Å². The first-order valence-electron chi connectivity index (χ1n) is 5.63. The quantitative estimate of drug-likeness (QED) is 0.796. The van der Waals surface area contributed by atoms with Gasteiger partial charge in [0.25, 0.3) is 0 Å². The predicted molar refractivity (Wildman–Crippen MR) is 65.4 cm³/mol. The third-order valence-electron chi connectivity index (χ3n) is 3.18. The number of likely N-dealkylation sites (N-methyl/N-ethyl adjacent to an activating group) is 1. The van der Waals surface area contributed by atoms with Crippen molar-refractivity contribution in [2.45, 2.75) is 12.5 Å². The number of benzene rings is 1. The predicted octanol–water partition coefficient (Wildman–Crippen LogP) is 1.33. The topological polar surface area (TPSA) is 75.8 Å². The van der Waals surface area contributed by atoms with Crippen molar-refractivity contribution in [1.82, 2.24) is 0 Å². The molecule has 2 rings (SSSR count). The van der Waals surface area contributed by atoms with Crippen LogP contribution >= 0.6 is 0 Å². The Hall–Kier alpha value is -1.82. The Morgan fingerprint density at radius 2 is 2.33 bits per heavy atom. The van der Waals surface area contributed by atoms with E-state index in [0.717, 1.165) is 18.6 Å². The Balaban J connectivity index is 2.33. The van der Waals surface area contributed by atoms with Crippen molar-refractivity contribution >= 4 is 17.3 Å². The number of carbonyl (C=O) groups is 1. The van der Waals surface area contributed by atoms with E-state index in [1.54, 1.807) is 7.05 Å². The highest BCUT2D eigenvalue weighted by atomic mass is 19.1. The van der Waals surface area contributed by atoms with Crippen LogP contribution in [0.1, 0.15) is 16.8 Å². The number of anilines is 2. The molecule has 1 atom stereocenters. The largest absolute Gasteiger partial charge is 0.478 e.